The van der Waals surface area contributed by atoms with Crippen LogP contribution < -0.4 is 0 Å². The third-order valence-corrected chi connectivity index (χ3v) is 1.91. The molecule has 0 spiro atoms. The SMILES string of the molecule is C=N/N=C(/CC)C1=CC=CCC1. The Labute approximate surface area is 73.4 Å². The van der Waals surface area contributed by atoms with Crippen molar-refractivity contribution in [2.24, 2.45) is 10.2 Å². The molecule has 0 saturated heterocycles. The molecule has 0 fully saturated rings. The van der Waals surface area contributed by atoms with Gasteiger partial charge in [0.1, 0.15) is 0 Å². The van der Waals surface area contributed by atoms with E-state index in [1.54, 1.807) is 0 Å². The monoisotopic (exact) mass is 162 g/mol. The summed E-state index contributed by atoms with van der Waals surface area (Å²) < 4.78 is 0. The number of hydrogen-bond donors (Lipinski definition) is 0. The highest BCUT2D eigenvalue weighted by atomic mass is 15.2. The first-order valence-corrected chi connectivity index (χ1v) is 4.27. The zero-order valence-corrected chi connectivity index (χ0v) is 7.45. The highest BCUT2D eigenvalue weighted by Crippen LogP contribution is 2.15. The first-order valence-electron chi connectivity index (χ1n) is 4.27. The van der Waals surface area contributed by atoms with Crippen LogP contribution in [-0.4, -0.2) is 12.4 Å². The van der Waals surface area contributed by atoms with Crippen molar-refractivity contribution in [1.82, 2.24) is 0 Å². The summed E-state index contributed by atoms with van der Waals surface area (Å²) in [6, 6.07) is 0. The third-order valence-electron chi connectivity index (χ3n) is 1.91. The highest BCUT2D eigenvalue weighted by molar-refractivity contribution is 6.00. The minimum atomic E-state index is 0.929. The number of nitrogens with zero attached hydrogens (tertiary/aromatic N) is 2. The van der Waals surface area contributed by atoms with Gasteiger partial charge in [-0.2, -0.15) is 10.2 Å². The van der Waals surface area contributed by atoms with Gasteiger partial charge in [0, 0.05) is 6.72 Å². The van der Waals surface area contributed by atoms with Gasteiger partial charge in [0.05, 0.1) is 5.71 Å². The topological polar surface area (TPSA) is 24.7 Å². The quantitative estimate of drug-likeness (QED) is 0.450. The Morgan fingerprint density at radius 2 is 2.50 bits per heavy atom. The molecular formula is C10H14N2. The van der Waals surface area contributed by atoms with E-state index in [1.807, 2.05) is 0 Å². The van der Waals surface area contributed by atoms with Gasteiger partial charge in [0.2, 0.25) is 0 Å². The fraction of sp³-hybridized carbons (Fsp3) is 0.400. The van der Waals surface area contributed by atoms with Crippen molar-refractivity contribution in [3.63, 3.8) is 0 Å². The van der Waals surface area contributed by atoms with Gasteiger partial charge in [-0.15, -0.1) is 0 Å². The van der Waals surface area contributed by atoms with Gasteiger partial charge in [-0.1, -0.05) is 25.2 Å². The maximum Gasteiger partial charge on any atom is 0.0659 e. The third kappa shape index (κ3) is 2.16. The molecule has 2 nitrogen and oxygen atoms in total. The van der Waals surface area contributed by atoms with Gasteiger partial charge < -0.3 is 0 Å². The molecule has 0 unspecified atom stereocenters. The van der Waals surface area contributed by atoms with Crippen molar-refractivity contribution in [3.05, 3.63) is 23.8 Å². The summed E-state index contributed by atoms with van der Waals surface area (Å²) in [6.45, 7) is 5.45. The van der Waals surface area contributed by atoms with Crippen molar-refractivity contribution < 1.29 is 0 Å². The second-order valence-electron chi connectivity index (χ2n) is 2.70. The van der Waals surface area contributed by atoms with Crippen molar-refractivity contribution >= 4 is 12.4 Å². The molecule has 1 aliphatic rings. The minimum absolute atomic E-state index is 0.929. The molecule has 1 rings (SSSR count). The average molecular weight is 162 g/mol. The van der Waals surface area contributed by atoms with Crippen LogP contribution in [0, 0.1) is 0 Å². The van der Waals surface area contributed by atoms with Crippen molar-refractivity contribution in [2.45, 2.75) is 26.2 Å². The van der Waals surface area contributed by atoms with Gasteiger partial charge in [-0.3, -0.25) is 0 Å². The van der Waals surface area contributed by atoms with Gasteiger partial charge in [0.25, 0.3) is 0 Å². The standard InChI is InChI=1S/C10H14N2/c1-3-10(12-11-2)9-7-5-4-6-8-9/h4-5,7H,2-3,6,8H2,1H3/b12-10-. The van der Waals surface area contributed by atoms with E-state index in [4.69, 9.17) is 0 Å². The summed E-state index contributed by atoms with van der Waals surface area (Å²) in [5.41, 5.74) is 2.36. The van der Waals surface area contributed by atoms with Crippen LogP contribution in [0.3, 0.4) is 0 Å². The van der Waals surface area contributed by atoms with E-state index in [0.717, 1.165) is 25.0 Å². The van der Waals surface area contributed by atoms with Crippen molar-refractivity contribution in [2.75, 3.05) is 0 Å². The molecule has 0 bridgehead atoms. The van der Waals surface area contributed by atoms with E-state index in [1.165, 1.54) is 5.57 Å². The summed E-state index contributed by atoms with van der Waals surface area (Å²) >= 11 is 0. The summed E-state index contributed by atoms with van der Waals surface area (Å²) in [6.07, 6.45) is 9.47. The normalized spacial score (nSPS) is 17.4. The molecular weight excluding hydrogens is 148 g/mol. The fourth-order valence-electron chi connectivity index (χ4n) is 1.29. The van der Waals surface area contributed by atoms with Gasteiger partial charge in [0.15, 0.2) is 0 Å². The number of rotatable bonds is 3. The largest absolute Gasteiger partial charge is 0.167 e. The second kappa shape index (κ2) is 4.65. The van der Waals surface area contributed by atoms with Crippen LogP contribution in [0.2, 0.25) is 0 Å². The first kappa shape index (κ1) is 8.91. The van der Waals surface area contributed by atoms with Crippen LogP contribution in [0.15, 0.2) is 34.0 Å². The Morgan fingerprint density at radius 1 is 1.67 bits per heavy atom. The zero-order chi connectivity index (χ0) is 8.81. The summed E-state index contributed by atoms with van der Waals surface area (Å²) in [4.78, 5) is 0. The Balaban J connectivity index is 2.77. The summed E-state index contributed by atoms with van der Waals surface area (Å²) in [5, 5.41) is 7.55. The van der Waals surface area contributed by atoms with E-state index < -0.39 is 0 Å². The minimum Gasteiger partial charge on any atom is -0.167 e. The lowest BCUT2D eigenvalue weighted by Gasteiger charge is -2.08. The van der Waals surface area contributed by atoms with Crippen LogP contribution in [0.4, 0.5) is 0 Å². The van der Waals surface area contributed by atoms with E-state index in [0.29, 0.717) is 0 Å². The Morgan fingerprint density at radius 3 is 3.00 bits per heavy atom. The molecule has 0 aliphatic heterocycles. The first-order chi connectivity index (χ1) is 5.88. The van der Waals surface area contributed by atoms with Crippen LogP contribution in [0.1, 0.15) is 26.2 Å². The summed E-state index contributed by atoms with van der Waals surface area (Å²) in [5.74, 6) is 0. The molecule has 1 aliphatic carbocycles. The van der Waals surface area contributed by atoms with E-state index in [2.05, 4.69) is 42.1 Å². The molecule has 2 heteroatoms. The van der Waals surface area contributed by atoms with Gasteiger partial charge in [-0.25, -0.2) is 0 Å². The van der Waals surface area contributed by atoms with Crippen LogP contribution in [0.25, 0.3) is 0 Å². The Hall–Kier alpha value is -1.18. The molecule has 0 N–H and O–H groups in total. The predicted molar refractivity (Wildman–Crippen MR) is 53.7 cm³/mol. The average Bonchev–Trinajstić information content (AvgIpc) is 2.15. The lowest BCUT2D eigenvalue weighted by molar-refractivity contribution is 0.987. The Kier molecular flexibility index (Phi) is 3.45. The molecule has 0 amide bonds. The van der Waals surface area contributed by atoms with Gasteiger partial charge in [-0.05, 0) is 24.8 Å². The van der Waals surface area contributed by atoms with E-state index in [-0.39, 0.29) is 0 Å². The molecule has 0 aromatic rings. The van der Waals surface area contributed by atoms with Crippen LogP contribution in [-0.2, 0) is 0 Å². The maximum absolute atomic E-state index is 3.99. The summed E-state index contributed by atoms with van der Waals surface area (Å²) in [7, 11) is 0. The van der Waals surface area contributed by atoms with Crippen molar-refractivity contribution in [1.29, 1.82) is 0 Å². The molecule has 0 aromatic heterocycles. The van der Waals surface area contributed by atoms with Crippen LogP contribution >= 0.6 is 0 Å². The van der Waals surface area contributed by atoms with E-state index in [9.17, 15) is 0 Å². The fourth-order valence-corrected chi connectivity index (χ4v) is 1.29. The number of hydrogen-bond acceptors (Lipinski definition) is 2. The molecule has 0 radical (unpaired) electrons. The Bertz CT molecular complexity index is 241. The van der Waals surface area contributed by atoms with Gasteiger partial charge >= 0.3 is 0 Å². The van der Waals surface area contributed by atoms with E-state index >= 15 is 0 Å². The molecule has 64 valence electrons. The van der Waals surface area contributed by atoms with Crippen LogP contribution in [0.5, 0.6) is 0 Å². The highest BCUT2D eigenvalue weighted by Gasteiger charge is 2.05. The second-order valence-corrected chi connectivity index (χ2v) is 2.70. The lowest BCUT2D eigenvalue weighted by Crippen LogP contribution is -2.02. The lowest BCUT2D eigenvalue weighted by atomic mass is 9.99. The zero-order valence-electron chi connectivity index (χ0n) is 7.45. The molecule has 0 aromatic carbocycles. The molecule has 12 heavy (non-hydrogen) atoms. The molecule has 0 heterocycles. The smallest absolute Gasteiger partial charge is 0.0659 e. The molecule has 0 atom stereocenters. The predicted octanol–water partition coefficient (Wildman–Crippen LogP) is 2.73. The maximum atomic E-state index is 3.99. The molecule has 0 saturated carbocycles. The number of allylic oxidation sites excluding steroid dienone is 4. The van der Waals surface area contributed by atoms with Crippen molar-refractivity contribution in [3.8, 4) is 0 Å².